The predicted molar refractivity (Wildman–Crippen MR) is 84.1 cm³/mol. The van der Waals surface area contributed by atoms with Crippen molar-refractivity contribution in [2.75, 3.05) is 18.5 Å². The molecule has 0 spiro atoms. The normalized spacial score (nSPS) is 10.8. The average Bonchev–Trinajstić information content (AvgIpc) is 2.77. The smallest absolute Gasteiger partial charge is 0.118 e. The van der Waals surface area contributed by atoms with Crippen LogP contribution in [0.3, 0.4) is 0 Å². The Morgan fingerprint density at radius 3 is 2.50 bits per heavy atom. The molecule has 0 saturated heterocycles. The van der Waals surface area contributed by atoms with E-state index in [9.17, 15) is 0 Å². The molecule has 3 nitrogen and oxygen atoms in total. The highest BCUT2D eigenvalue weighted by Gasteiger charge is 2.10. The lowest BCUT2D eigenvalue weighted by Gasteiger charge is -2.19. The minimum Gasteiger partial charge on any atom is -0.465 e. The van der Waals surface area contributed by atoms with Crippen molar-refractivity contribution in [3.05, 3.63) is 53.0 Å². The van der Waals surface area contributed by atoms with E-state index in [1.54, 1.807) is 0 Å². The molecule has 1 aromatic heterocycles. The molecule has 0 unspecified atom stereocenters. The van der Waals surface area contributed by atoms with Crippen LogP contribution in [0.2, 0.25) is 0 Å². The highest BCUT2D eigenvalue weighted by Crippen LogP contribution is 2.20. The SMILES string of the molecule is CCNCc1cc(CN(C)c2ccc(C)cc2)c(C)o1. The third-order valence-corrected chi connectivity index (χ3v) is 3.50. The van der Waals surface area contributed by atoms with E-state index in [0.717, 1.165) is 31.2 Å². The fourth-order valence-electron chi connectivity index (χ4n) is 2.23. The first-order valence-electron chi connectivity index (χ1n) is 7.17. The summed E-state index contributed by atoms with van der Waals surface area (Å²) in [5.41, 5.74) is 3.76. The van der Waals surface area contributed by atoms with Crippen LogP contribution in [0.5, 0.6) is 0 Å². The number of rotatable bonds is 6. The van der Waals surface area contributed by atoms with Gasteiger partial charge in [0.1, 0.15) is 11.5 Å². The first kappa shape index (κ1) is 14.7. The molecule has 2 rings (SSSR count). The summed E-state index contributed by atoms with van der Waals surface area (Å²) in [6.07, 6.45) is 0. The van der Waals surface area contributed by atoms with E-state index in [0.29, 0.717) is 0 Å². The van der Waals surface area contributed by atoms with Crippen LogP contribution < -0.4 is 10.2 Å². The number of benzene rings is 1. The second-order valence-corrected chi connectivity index (χ2v) is 5.27. The number of nitrogens with one attached hydrogen (secondary N) is 1. The maximum atomic E-state index is 5.78. The summed E-state index contributed by atoms with van der Waals surface area (Å²) in [4.78, 5) is 2.24. The zero-order valence-electron chi connectivity index (χ0n) is 12.9. The van der Waals surface area contributed by atoms with Gasteiger partial charge in [-0.3, -0.25) is 0 Å². The van der Waals surface area contributed by atoms with Gasteiger partial charge in [0, 0.05) is 24.8 Å². The largest absolute Gasteiger partial charge is 0.465 e. The van der Waals surface area contributed by atoms with Gasteiger partial charge in [-0.2, -0.15) is 0 Å². The highest BCUT2D eigenvalue weighted by atomic mass is 16.3. The van der Waals surface area contributed by atoms with Crippen LogP contribution in [0.1, 0.15) is 29.6 Å². The van der Waals surface area contributed by atoms with E-state index >= 15 is 0 Å². The lowest BCUT2D eigenvalue weighted by molar-refractivity contribution is 0.463. The third-order valence-electron chi connectivity index (χ3n) is 3.50. The van der Waals surface area contributed by atoms with Gasteiger partial charge in [0.2, 0.25) is 0 Å². The van der Waals surface area contributed by atoms with Crippen LogP contribution in [-0.2, 0) is 13.1 Å². The summed E-state index contributed by atoms with van der Waals surface area (Å²) in [6.45, 7) is 8.86. The molecule has 0 saturated carbocycles. The predicted octanol–water partition coefficient (Wildman–Crippen LogP) is 3.64. The molecule has 0 bridgehead atoms. The lowest BCUT2D eigenvalue weighted by Crippen LogP contribution is -2.16. The van der Waals surface area contributed by atoms with Crippen LogP contribution >= 0.6 is 0 Å². The summed E-state index contributed by atoms with van der Waals surface area (Å²) < 4.78 is 5.78. The van der Waals surface area contributed by atoms with Gasteiger partial charge < -0.3 is 14.6 Å². The summed E-state index contributed by atoms with van der Waals surface area (Å²) >= 11 is 0. The van der Waals surface area contributed by atoms with Gasteiger partial charge in [-0.15, -0.1) is 0 Å². The van der Waals surface area contributed by atoms with Crippen LogP contribution in [-0.4, -0.2) is 13.6 Å². The Balaban J connectivity index is 2.05. The van der Waals surface area contributed by atoms with Crippen LogP contribution in [0, 0.1) is 13.8 Å². The summed E-state index contributed by atoms with van der Waals surface area (Å²) in [6, 6.07) is 10.8. The number of anilines is 1. The molecular weight excluding hydrogens is 248 g/mol. The van der Waals surface area contributed by atoms with Gasteiger partial charge in [0.25, 0.3) is 0 Å². The minimum absolute atomic E-state index is 0.797. The lowest BCUT2D eigenvalue weighted by atomic mass is 10.2. The molecule has 0 atom stereocenters. The van der Waals surface area contributed by atoms with E-state index < -0.39 is 0 Å². The molecule has 1 N–H and O–H groups in total. The molecular formula is C17H24N2O. The third kappa shape index (κ3) is 3.64. The maximum absolute atomic E-state index is 5.78. The van der Waals surface area contributed by atoms with Crippen molar-refractivity contribution in [2.24, 2.45) is 0 Å². The fourth-order valence-corrected chi connectivity index (χ4v) is 2.23. The van der Waals surface area contributed by atoms with Gasteiger partial charge in [0.05, 0.1) is 6.54 Å². The Labute approximate surface area is 121 Å². The number of hydrogen-bond acceptors (Lipinski definition) is 3. The van der Waals surface area contributed by atoms with Gasteiger partial charge in [0.15, 0.2) is 0 Å². The van der Waals surface area contributed by atoms with Crippen LogP contribution in [0.25, 0.3) is 0 Å². The molecule has 0 fully saturated rings. The number of furan rings is 1. The van der Waals surface area contributed by atoms with Crippen LogP contribution in [0.4, 0.5) is 5.69 Å². The maximum Gasteiger partial charge on any atom is 0.118 e. The Morgan fingerprint density at radius 2 is 1.85 bits per heavy atom. The number of nitrogens with zero attached hydrogens (tertiary/aromatic N) is 1. The van der Waals surface area contributed by atoms with Crippen molar-refractivity contribution >= 4 is 5.69 Å². The molecule has 1 heterocycles. The quantitative estimate of drug-likeness (QED) is 0.870. The van der Waals surface area contributed by atoms with Gasteiger partial charge in [-0.25, -0.2) is 0 Å². The minimum atomic E-state index is 0.797. The molecule has 3 heteroatoms. The average molecular weight is 272 g/mol. The monoisotopic (exact) mass is 272 g/mol. The van der Waals surface area contributed by atoms with Gasteiger partial charge in [-0.1, -0.05) is 24.6 Å². The highest BCUT2D eigenvalue weighted by molar-refractivity contribution is 5.47. The summed E-state index contributed by atoms with van der Waals surface area (Å²) in [5, 5.41) is 3.29. The van der Waals surface area contributed by atoms with Gasteiger partial charge in [-0.05, 0) is 38.6 Å². The van der Waals surface area contributed by atoms with E-state index in [4.69, 9.17) is 4.42 Å². The first-order chi connectivity index (χ1) is 9.60. The van der Waals surface area contributed by atoms with Crippen molar-refractivity contribution in [2.45, 2.75) is 33.9 Å². The molecule has 1 aromatic carbocycles. The van der Waals surface area contributed by atoms with Crippen molar-refractivity contribution < 1.29 is 4.42 Å². The summed E-state index contributed by atoms with van der Waals surface area (Å²) in [7, 11) is 2.11. The van der Waals surface area contributed by atoms with E-state index in [2.05, 4.69) is 61.4 Å². The fraction of sp³-hybridized carbons (Fsp3) is 0.412. The Kier molecular flexibility index (Phi) is 4.85. The first-order valence-corrected chi connectivity index (χ1v) is 7.17. The van der Waals surface area contributed by atoms with Crippen molar-refractivity contribution in [1.29, 1.82) is 0 Å². The van der Waals surface area contributed by atoms with Gasteiger partial charge >= 0.3 is 0 Å². The molecule has 0 radical (unpaired) electrons. The number of aryl methyl sites for hydroxylation is 2. The Morgan fingerprint density at radius 1 is 1.15 bits per heavy atom. The molecule has 0 amide bonds. The van der Waals surface area contributed by atoms with E-state index in [-0.39, 0.29) is 0 Å². The van der Waals surface area contributed by atoms with Crippen molar-refractivity contribution in [1.82, 2.24) is 5.32 Å². The Hall–Kier alpha value is -1.74. The van der Waals surface area contributed by atoms with Crippen molar-refractivity contribution in [3.63, 3.8) is 0 Å². The molecule has 0 aliphatic heterocycles. The molecule has 0 aliphatic carbocycles. The summed E-state index contributed by atoms with van der Waals surface area (Å²) in [5.74, 6) is 2.02. The van der Waals surface area contributed by atoms with E-state index in [1.165, 1.54) is 16.8 Å². The standard InChI is InChI=1S/C17H24N2O/c1-5-18-11-17-10-15(14(3)20-17)12-19(4)16-8-6-13(2)7-9-16/h6-10,18H,5,11-12H2,1-4H3. The van der Waals surface area contributed by atoms with Crippen molar-refractivity contribution in [3.8, 4) is 0 Å². The second-order valence-electron chi connectivity index (χ2n) is 5.27. The molecule has 2 aromatic rings. The van der Waals surface area contributed by atoms with Crippen LogP contribution in [0.15, 0.2) is 34.7 Å². The zero-order chi connectivity index (χ0) is 14.5. The van der Waals surface area contributed by atoms with E-state index in [1.807, 2.05) is 6.92 Å². The zero-order valence-corrected chi connectivity index (χ0v) is 12.9. The topological polar surface area (TPSA) is 28.4 Å². The Bertz CT molecular complexity index is 543. The molecule has 108 valence electrons. The molecule has 0 aliphatic rings. The number of hydrogen-bond donors (Lipinski definition) is 1. The molecule has 20 heavy (non-hydrogen) atoms. The second kappa shape index (κ2) is 6.62.